The van der Waals surface area contributed by atoms with E-state index in [1.807, 2.05) is 27.7 Å². The van der Waals surface area contributed by atoms with Crippen molar-refractivity contribution in [2.75, 3.05) is 0 Å². The highest BCUT2D eigenvalue weighted by Gasteiger charge is 2.52. The van der Waals surface area contributed by atoms with Gasteiger partial charge in [-0.15, -0.1) is 0 Å². The Labute approximate surface area is 154 Å². The molecule has 142 valence electrons. The Morgan fingerprint density at radius 3 is 2.35 bits per heavy atom. The molecule has 2 fully saturated rings. The van der Waals surface area contributed by atoms with Crippen LogP contribution in [0, 0.1) is 6.92 Å². The molecule has 0 spiro atoms. The van der Waals surface area contributed by atoms with Crippen LogP contribution in [0.5, 0.6) is 0 Å². The number of rotatable bonds is 3. The number of aromatic nitrogens is 2. The molecule has 0 aromatic carbocycles. The van der Waals surface area contributed by atoms with Crippen LogP contribution in [0.25, 0.3) is 0 Å². The lowest BCUT2D eigenvalue weighted by atomic mass is 9.78. The number of alkyl carbamates (subject to hydrolysis) is 1. The molecule has 1 aromatic heterocycles. The maximum atomic E-state index is 12.6. The van der Waals surface area contributed by atoms with Crippen molar-refractivity contribution in [2.45, 2.75) is 82.9 Å². The zero-order valence-corrected chi connectivity index (χ0v) is 16.0. The monoisotopic (exact) mass is 360 g/mol. The van der Waals surface area contributed by atoms with Gasteiger partial charge in [0.05, 0.1) is 11.9 Å². The van der Waals surface area contributed by atoms with E-state index in [1.54, 1.807) is 6.20 Å². The van der Waals surface area contributed by atoms with Gasteiger partial charge in [0.25, 0.3) is 5.91 Å². The third-order valence-electron chi connectivity index (χ3n) is 5.20. The predicted molar refractivity (Wildman–Crippen MR) is 96.8 cm³/mol. The van der Waals surface area contributed by atoms with Gasteiger partial charge in [-0.05, 0) is 66.2 Å². The van der Waals surface area contributed by atoms with Gasteiger partial charge in [-0.3, -0.25) is 9.78 Å². The molecule has 1 heterocycles. The van der Waals surface area contributed by atoms with Gasteiger partial charge in [0.15, 0.2) is 0 Å². The summed E-state index contributed by atoms with van der Waals surface area (Å²) < 4.78 is 5.43. The van der Waals surface area contributed by atoms with Gasteiger partial charge in [-0.1, -0.05) is 0 Å². The van der Waals surface area contributed by atoms with Crippen LogP contribution in [-0.4, -0.2) is 38.6 Å². The molecule has 2 aliphatic rings. The Bertz CT molecular complexity index is 715. The smallest absolute Gasteiger partial charge is 0.408 e. The maximum absolute atomic E-state index is 12.6. The van der Waals surface area contributed by atoms with Gasteiger partial charge in [0.1, 0.15) is 11.3 Å². The van der Waals surface area contributed by atoms with Crippen LogP contribution in [0.4, 0.5) is 4.79 Å². The van der Waals surface area contributed by atoms with Gasteiger partial charge in [0, 0.05) is 17.3 Å². The van der Waals surface area contributed by atoms with Crippen molar-refractivity contribution in [1.82, 2.24) is 20.6 Å². The van der Waals surface area contributed by atoms with E-state index in [4.69, 9.17) is 4.74 Å². The molecular formula is C19H28N4O3. The number of carbonyl (C=O) groups excluding carboxylic acids is 2. The third-order valence-corrected chi connectivity index (χ3v) is 5.20. The number of nitrogens with one attached hydrogen (secondary N) is 2. The van der Waals surface area contributed by atoms with Crippen LogP contribution in [-0.2, 0) is 4.74 Å². The van der Waals surface area contributed by atoms with E-state index in [0.717, 1.165) is 38.5 Å². The van der Waals surface area contributed by atoms with Gasteiger partial charge >= 0.3 is 6.09 Å². The molecule has 0 saturated heterocycles. The summed E-state index contributed by atoms with van der Waals surface area (Å²) in [6, 6.07) is 0. The first-order valence-corrected chi connectivity index (χ1v) is 9.23. The first-order valence-electron chi connectivity index (χ1n) is 9.23. The highest BCUT2D eigenvalue weighted by atomic mass is 16.6. The molecule has 26 heavy (non-hydrogen) atoms. The molecule has 0 aliphatic heterocycles. The molecule has 0 unspecified atom stereocenters. The number of ether oxygens (including phenoxy) is 1. The van der Waals surface area contributed by atoms with E-state index in [0.29, 0.717) is 11.4 Å². The average Bonchev–Trinajstić information content (AvgIpc) is 2.75. The van der Waals surface area contributed by atoms with Crippen molar-refractivity contribution in [3.8, 4) is 0 Å². The van der Waals surface area contributed by atoms with E-state index in [2.05, 4.69) is 20.6 Å². The highest BCUT2D eigenvalue weighted by Crippen LogP contribution is 2.48. The number of carbonyl (C=O) groups is 2. The molecule has 2 saturated carbocycles. The van der Waals surface area contributed by atoms with E-state index in [9.17, 15) is 9.59 Å². The molecule has 2 atom stereocenters. The zero-order valence-electron chi connectivity index (χ0n) is 16.0. The van der Waals surface area contributed by atoms with Crippen molar-refractivity contribution >= 4 is 12.0 Å². The summed E-state index contributed by atoms with van der Waals surface area (Å²) in [5, 5.41) is 6.27. The third kappa shape index (κ3) is 4.14. The Balaban J connectivity index is 1.68. The number of aryl methyl sites for hydroxylation is 1. The van der Waals surface area contributed by atoms with Crippen molar-refractivity contribution in [3.63, 3.8) is 0 Å². The normalized spacial score (nSPS) is 27.7. The fourth-order valence-corrected chi connectivity index (χ4v) is 4.23. The second-order valence-corrected chi connectivity index (χ2v) is 8.72. The second kappa shape index (κ2) is 6.52. The highest BCUT2D eigenvalue weighted by molar-refractivity contribution is 5.92. The Kier molecular flexibility index (Phi) is 4.67. The summed E-state index contributed by atoms with van der Waals surface area (Å²) in [5.74, 6) is -0.198. The first kappa shape index (κ1) is 18.6. The molecule has 3 rings (SSSR count). The summed E-state index contributed by atoms with van der Waals surface area (Å²) in [6.45, 7) is 7.38. The molecular weight excluding hydrogens is 332 g/mol. The number of hydrogen-bond donors (Lipinski definition) is 2. The minimum absolute atomic E-state index is 0.198. The molecule has 2 amide bonds. The van der Waals surface area contributed by atoms with Crippen LogP contribution in [0.15, 0.2) is 12.4 Å². The summed E-state index contributed by atoms with van der Waals surface area (Å²) >= 11 is 0. The topological polar surface area (TPSA) is 93.2 Å². The molecule has 2 bridgehead atoms. The summed E-state index contributed by atoms with van der Waals surface area (Å²) in [4.78, 5) is 33.2. The van der Waals surface area contributed by atoms with Crippen molar-refractivity contribution in [1.29, 1.82) is 0 Å². The number of amides is 2. The number of hydrogen-bond acceptors (Lipinski definition) is 5. The zero-order chi connectivity index (χ0) is 19.0. The summed E-state index contributed by atoms with van der Waals surface area (Å²) in [5.41, 5.74) is -0.0703. The van der Waals surface area contributed by atoms with Gasteiger partial charge < -0.3 is 15.4 Å². The van der Waals surface area contributed by atoms with Crippen LogP contribution in [0.1, 0.15) is 75.5 Å². The van der Waals surface area contributed by atoms with Crippen molar-refractivity contribution < 1.29 is 14.3 Å². The maximum Gasteiger partial charge on any atom is 0.408 e. The SMILES string of the molecule is Cc1cncc(C(=O)N[C@]23CCC[C@](NC(=O)OC(C)(C)C)(CC2)C3)n1. The Morgan fingerprint density at radius 1 is 1.08 bits per heavy atom. The summed E-state index contributed by atoms with van der Waals surface area (Å²) in [6.07, 6.45) is 7.92. The van der Waals surface area contributed by atoms with Crippen molar-refractivity contribution in [3.05, 3.63) is 23.8 Å². The van der Waals surface area contributed by atoms with Crippen LogP contribution in [0.2, 0.25) is 0 Å². The van der Waals surface area contributed by atoms with Gasteiger partial charge in [-0.25, -0.2) is 9.78 Å². The number of nitrogens with zero attached hydrogens (tertiary/aromatic N) is 2. The Morgan fingerprint density at radius 2 is 1.73 bits per heavy atom. The predicted octanol–water partition coefficient (Wildman–Crippen LogP) is 2.88. The lowest BCUT2D eigenvalue weighted by Gasteiger charge is -2.40. The van der Waals surface area contributed by atoms with E-state index in [-0.39, 0.29) is 23.1 Å². The standard InChI is InChI=1S/C19H28N4O3/c1-13-10-20-11-14(21-13)15(24)22-18-6-5-7-19(12-18,9-8-18)23-16(25)26-17(2,3)4/h10-11H,5-9,12H2,1-4H3,(H,22,24)(H,23,25)/t18-,19+/m1/s1. The molecule has 0 radical (unpaired) electrons. The van der Waals surface area contributed by atoms with Crippen LogP contribution < -0.4 is 10.6 Å². The second-order valence-electron chi connectivity index (χ2n) is 8.72. The lowest BCUT2D eigenvalue weighted by molar-refractivity contribution is 0.0428. The molecule has 2 aliphatic carbocycles. The minimum atomic E-state index is -0.525. The van der Waals surface area contributed by atoms with Crippen LogP contribution >= 0.6 is 0 Å². The minimum Gasteiger partial charge on any atom is -0.444 e. The average molecular weight is 360 g/mol. The van der Waals surface area contributed by atoms with E-state index < -0.39 is 5.60 Å². The fraction of sp³-hybridized carbons (Fsp3) is 0.684. The number of fused-ring (bicyclic) bond motifs is 2. The molecule has 7 heteroatoms. The largest absolute Gasteiger partial charge is 0.444 e. The quantitative estimate of drug-likeness (QED) is 0.864. The molecule has 7 nitrogen and oxygen atoms in total. The van der Waals surface area contributed by atoms with E-state index in [1.165, 1.54) is 6.20 Å². The van der Waals surface area contributed by atoms with Gasteiger partial charge in [0.2, 0.25) is 0 Å². The molecule has 1 aromatic rings. The summed E-state index contributed by atoms with van der Waals surface area (Å²) in [7, 11) is 0. The van der Waals surface area contributed by atoms with Gasteiger partial charge in [-0.2, -0.15) is 0 Å². The first-order chi connectivity index (χ1) is 12.1. The fourth-order valence-electron chi connectivity index (χ4n) is 4.23. The Hall–Kier alpha value is -2.18. The van der Waals surface area contributed by atoms with E-state index >= 15 is 0 Å². The lowest BCUT2D eigenvalue weighted by Crippen LogP contribution is -2.55. The molecule has 2 N–H and O–H groups in total. The van der Waals surface area contributed by atoms with Crippen molar-refractivity contribution in [2.24, 2.45) is 0 Å². The van der Waals surface area contributed by atoms with Crippen LogP contribution in [0.3, 0.4) is 0 Å².